The van der Waals surface area contributed by atoms with Gasteiger partial charge in [0.25, 0.3) is 0 Å². The van der Waals surface area contributed by atoms with Gasteiger partial charge >= 0.3 is 0 Å². The molecule has 1 amide bonds. The molecule has 27 heavy (non-hydrogen) atoms. The number of nitrogens with one attached hydrogen (secondary N) is 1. The van der Waals surface area contributed by atoms with Crippen molar-refractivity contribution in [2.24, 2.45) is 5.92 Å². The summed E-state index contributed by atoms with van der Waals surface area (Å²) in [7, 11) is 3.16. The van der Waals surface area contributed by atoms with Gasteiger partial charge in [0.15, 0.2) is 0 Å². The molecule has 2 aromatic carbocycles. The number of carbonyl (C=O) groups is 1. The molecular formula is C21H25FN2O3. The second kappa shape index (κ2) is 8.86. The number of ether oxygens (including phenoxy) is 2. The van der Waals surface area contributed by atoms with Crippen molar-refractivity contribution in [2.45, 2.75) is 19.4 Å². The average molecular weight is 372 g/mol. The number of methoxy groups -OCH3 is 2. The zero-order valence-electron chi connectivity index (χ0n) is 15.7. The van der Waals surface area contributed by atoms with E-state index in [9.17, 15) is 9.18 Å². The number of halogens is 1. The molecule has 1 fully saturated rings. The fourth-order valence-electron chi connectivity index (χ4n) is 3.35. The SMILES string of the molecule is COc1ccc(OC)c(NC(=O)C2CCN(Cc3ccc(F)cc3)CC2)c1. The van der Waals surface area contributed by atoms with E-state index in [-0.39, 0.29) is 17.6 Å². The highest BCUT2D eigenvalue weighted by atomic mass is 19.1. The Kier molecular flexibility index (Phi) is 6.29. The van der Waals surface area contributed by atoms with E-state index in [1.54, 1.807) is 32.4 Å². The molecule has 6 heteroatoms. The lowest BCUT2D eigenvalue weighted by molar-refractivity contribution is -0.121. The van der Waals surface area contributed by atoms with Crippen LogP contribution in [0.5, 0.6) is 11.5 Å². The lowest BCUT2D eigenvalue weighted by Crippen LogP contribution is -2.37. The van der Waals surface area contributed by atoms with Gasteiger partial charge in [-0.25, -0.2) is 4.39 Å². The van der Waals surface area contributed by atoms with Gasteiger partial charge in [0, 0.05) is 18.5 Å². The minimum absolute atomic E-state index is 0.00276. The smallest absolute Gasteiger partial charge is 0.227 e. The Morgan fingerprint density at radius 3 is 2.44 bits per heavy atom. The maximum atomic E-state index is 13.0. The van der Waals surface area contributed by atoms with Crippen LogP contribution < -0.4 is 14.8 Å². The van der Waals surface area contributed by atoms with E-state index in [0.29, 0.717) is 17.2 Å². The minimum Gasteiger partial charge on any atom is -0.497 e. The summed E-state index contributed by atoms with van der Waals surface area (Å²) >= 11 is 0. The zero-order valence-corrected chi connectivity index (χ0v) is 15.7. The van der Waals surface area contributed by atoms with Gasteiger partial charge in [0.2, 0.25) is 5.91 Å². The lowest BCUT2D eigenvalue weighted by atomic mass is 9.95. The number of anilines is 1. The highest BCUT2D eigenvalue weighted by Gasteiger charge is 2.25. The van der Waals surface area contributed by atoms with Crippen LogP contribution in [0.25, 0.3) is 0 Å². The molecule has 0 radical (unpaired) electrons. The summed E-state index contributed by atoms with van der Waals surface area (Å²) < 4.78 is 23.6. The molecule has 3 rings (SSSR count). The second-order valence-corrected chi connectivity index (χ2v) is 6.73. The lowest BCUT2D eigenvalue weighted by Gasteiger charge is -2.31. The number of nitrogens with zero attached hydrogens (tertiary/aromatic N) is 1. The van der Waals surface area contributed by atoms with Crippen LogP contribution in [-0.2, 0) is 11.3 Å². The third kappa shape index (κ3) is 4.98. The number of piperidine rings is 1. The first kappa shape index (κ1) is 19.2. The van der Waals surface area contributed by atoms with Crippen LogP contribution in [0.3, 0.4) is 0 Å². The van der Waals surface area contributed by atoms with Crippen molar-refractivity contribution < 1.29 is 18.7 Å². The van der Waals surface area contributed by atoms with Crippen LogP contribution in [0, 0.1) is 11.7 Å². The molecule has 0 aliphatic carbocycles. The molecule has 1 aliphatic heterocycles. The van der Waals surface area contributed by atoms with Gasteiger partial charge in [-0.05, 0) is 55.8 Å². The van der Waals surface area contributed by atoms with E-state index in [4.69, 9.17) is 9.47 Å². The van der Waals surface area contributed by atoms with Crippen LogP contribution in [0.1, 0.15) is 18.4 Å². The van der Waals surface area contributed by atoms with E-state index >= 15 is 0 Å². The van der Waals surface area contributed by atoms with Gasteiger partial charge in [0.05, 0.1) is 19.9 Å². The number of hydrogen-bond donors (Lipinski definition) is 1. The number of amides is 1. The van der Waals surface area contributed by atoms with E-state index < -0.39 is 0 Å². The first-order valence-electron chi connectivity index (χ1n) is 9.08. The van der Waals surface area contributed by atoms with E-state index in [1.165, 1.54) is 12.1 Å². The van der Waals surface area contributed by atoms with Gasteiger partial charge in [-0.15, -0.1) is 0 Å². The van der Waals surface area contributed by atoms with Crippen molar-refractivity contribution in [3.05, 3.63) is 53.8 Å². The highest BCUT2D eigenvalue weighted by Crippen LogP contribution is 2.30. The molecule has 5 nitrogen and oxygen atoms in total. The average Bonchev–Trinajstić information content (AvgIpc) is 2.70. The maximum absolute atomic E-state index is 13.0. The molecule has 0 aromatic heterocycles. The number of likely N-dealkylation sites (tertiary alicyclic amines) is 1. The standard InChI is InChI=1S/C21H25FN2O3/c1-26-18-7-8-20(27-2)19(13-18)23-21(25)16-9-11-24(12-10-16)14-15-3-5-17(22)6-4-15/h3-8,13,16H,9-12,14H2,1-2H3,(H,23,25). The van der Waals surface area contributed by atoms with Crippen LogP contribution in [0.2, 0.25) is 0 Å². The normalized spacial score (nSPS) is 15.4. The van der Waals surface area contributed by atoms with E-state index in [2.05, 4.69) is 10.2 Å². The van der Waals surface area contributed by atoms with E-state index in [0.717, 1.165) is 38.0 Å². The van der Waals surface area contributed by atoms with Crippen molar-refractivity contribution in [1.82, 2.24) is 4.90 Å². The summed E-state index contributed by atoms with van der Waals surface area (Å²) in [6, 6.07) is 11.9. The fraction of sp³-hybridized carbons (Fsp3) is 0.381. The molecule has 1 aliphatic rings. The van der Waals surface area contributed by atoms with E-state index in [1.807, 2.05) is 12.1 Å². The molecule has 0 atom stereocenters. The van der Waals surface area contributed by atoms with Crippen molar-refractivity contribution >= 4 is 11.6 Å². The molecule has 0 spiro atoms. The molecule has 1 saturated heterocycles. The van der Waals surface area contributed by atoms with Crippen LogP contribution in [-0.4, -0.2) is 38.1 Å². The Bertz CT molecular complexity index is 771. The Hall–Kier alpha value is -2.60. The topological polar surface area (TPSA) is 50.8 Å². The molecule has 0 unspecified atom stereocenters. The van der Waals surface area contributed by atoms with Gasteiger partial charge in [-0.1, -0.05) is 12.1 Å². The quantitative estimate of drug-likeness (QED) is 0.840. The molecular weight excluding hydrogens is 347 g/mol. The summed E-state index contributed by atoms with van der Waals surface area (Å²) in [4.78, 5) is 15.0. The van der Waals surface area contributed by atoms with Crippen LogP contribution >= 0.6 is 0 Å². The second-order valence-electron chi connectivity index (χ2n) is 6.73. The highest BCUT2D eigenvalue weighted by molar-refractivity contribution is 5.94. The van der Waals surface area contributed by atoms with Crippen molar-refractivity contribution in [1.29, 1.82) is 0 Å². The summed E-state index contributed by atoms with van der Waals surface area (Å²) in [5.74, 6) is 1.02. The molecule has 2 aromatic rings. The molecule has 1 N–H and O–H groups in total. The van der Waals surface area contributed by atoms with Crippen molar-refractivity contribution in [3.63, 3.8) is 0 Å². The Morgan fingerprint density at radius 2 is 1.81 bits per heavy atom. The van der Waals surface area contributed by atoms with Crippen LogP contribution in [0.15, 0.2) is 42.5 Å². The number of carbonyl (C=O) groups excluding carboxylic acids is 1. The summed E-state index contributed by atoms with van der Waals surface area (Å²) in [5, 5.41) is 2.97. The first-order valence-corrected chi connectivity index (χ1v) is 9.08. The van der Waals surface area contributed by atoms with Gasteiger partial charge in [0.1, 0.15) is 17.3 Å². The Labute approximate surface area is 159 Å². The number of benzene rings is 2. The predicted molar refractivity (Wildman–Crippen MR) is 103 cm³/mol. The summed E-state index contributed by atoms with van der Waals surface area (Å²) in [5.41, 5.74) is 1.70. The maximum Gasteiger partial charge on any atom is 0.227 e. The molecule has 0 saturated carbocycles. The predicted octanol–water partition coefficient (Wildman–Crippen LogP) is 3.69. The zero-order chi connectivity index (χ0) is 19.2. The van der Waals surface area contributed by atoms with Crippen LogP contribution in [0.4, 0.5) is 10.1 Å². The Morgan fingerprint density at radius 1 is 1.11 bits per heavy atom. The minimum atomic E-state index is -0.220. The molecule has 1 heterocycles. The summed E-state index contributed by atoms with van der Waals surface area (Å²) in [6.45, 7) is 2.45. The van der Waals surface area contributed by atoms with Crippen molar-refractivity contribution in [2.75, 3.05) is 32.6 Å². The van der Waals surface area contributed by atoms with Crippen molar-refractivity contribution in [3.8, 4) is 11.5 Å². The third-order valence-corrected chi connectivity index (χ3v) is 4.94. The molecule has 0 bridgehead atoms. The number of hydrogen-bond acceptors (Lipinski definition) is 4. The first-order chi connectivity index (χ1) is 13.1. The fourth-order valence-corrected chi connectivity index (χ4v) is 3.35. The monoisotopic (exact) mass is 372 g/mol. The van der Waals surface area contributed by atoms with Gasteiger partial charge < -0.3 is 14.8 Å². The Balaban J connectivity index is 1.55. The van der Waals surface area contributed by atoms with Gasteiger partial charge in [-0.3, -0.25) is 9.69 Å². The third-order valence-electron chi connectivity index (χ3n) is 4.94. The number of rotatable bonds is 6. The largest absolute Gasteiger partial charge is 0.497 e. The summed E-state index contributed by atoms with van der Waals surface area (Å²) in [6.07, 6.45) is 1.58. The molecule has 144 valence electrons. The van der Waals surface area contributed by atoms with Gasteiger partial charge in [-0.2, -0.15) is 0 Å².